The normalized spacial score (nSPS) is 27.6. The molecule has 3 rings (SSSR count). The van der Waals surface area contributed by atoms with Crippen LogP contribution in [0, 0.1) is 0 Å². The molecule has 3 nitrogen and oxygen atoms in total. The van der Waals surface area contributed by atoms with Crippen LogP contribution < -0.4 is 5.32 Å². The number of thiazole rings is 1. The zero-order valence-electron chi connectivity index (χ0n) is 11.8. The van der Waals surface area contributed by atoms with Crippen LogP contribution >= 0.6 is 11.3 Å². The van der Waals surface area contributed by atoms with Gasteiger partial charge in [0.1, 0.15) is 5.01 Å². The second-order valence-corrected chi connectivity index (χ2v) is 7.75. The summed E-state index contributed by atoms with van der Waals surface area (Å²) in [5.41, 5.74) is 1.55. The van der Waals surface area contributed by atoms with E-state index in [1.807, 2.05) is 11.3 Å². The number of aromatic nitrogens is 1. The van der Waals surface area contributed by atoms with Gasteiger partial charge in [-0.25, -0.2) is 4.98 Å². The Labute approximate surface area is 114 Å². The molecule has 2 unspecified atom stereocenters. The molecule has 100 valence electrons. The lowest BCUT2D eigenvalue weighted by Crippen LogP contribution is -2.35. The van der Waals surface area contributed by atoms with Crippen molar-refractivity contribution in [1.82, 2.24) is 15.2 Å². The van der Waals surface area contributed by atoms with Crippen molar-refractivity contribution < 1.29 is 0 Å². The lowest BCUT2D eigenvalue weighted by molar-refractivity contribution is 0.226. The van der Waals surface area contributed by atoms with Crippen molar-refractivity contribution in [2.45, 2.75) is 64.2 Å². The summed E-state index contributed by atoms with van der Waals surface area (Å²) in [6.07, 6.45) is 3.83. The van der Waals surface area contributed by atoms with E-state index in [9.17, 15) is 0 Å². The highest BCUT2D eigenvalue weighted by atomic mass is 32.1. The molecule has 1 saturated heterocycles. The highest BCUT2D eigenvalue weighted by Gasteiger charge is 2.39. The van der Waals surface area contributed by atoms with Gasteiger partial charge in [0.2, 0.25) is 0 Å². The van der Waals surface area contributed by atoms with Gasteiger partial charge in [0, 0.05) is 35.5 Å². The van der Waals surface area contributed by atoms with Crippen LogP contribution in [0.15, 0.2) is 0 Å². The molecule has 0 amide bonds. The van der Waals surface area contributed by atoms with E-state index in [1.165, 1.54) is 28.4 Å². The van der Waals surface area contributed by atoms with Gasteiger partial charge < -0.3 is 5.32 Å². The van der Waals surface area contributed by atoms with Crippen LogP contribution in [0.25, 0.3) is 0 Å². The smallest absolute Gasteiger partial charge is 0.107 e. The Hall–Kier alpha value is -0.450. The maximum Gasteiger partial charge on any atom is 0.107 e. The van der Waals surface area contributed by atoms with E-state index < -0.39 is 0 Å². The first-order chi connectivity index (χ1) is 8.44. The SMILES string of the molecule is CN1C2CCC1c1sc(CNC(C)(C)C)nc1C2. The zero-order valence-corrected chi connectivity index (χ0v) is 12.6. The predicted molar refractivity (Wildman–Crippen MR) is 75.9 cm³/mol. The molecule has 0 aromatic carbocycles. The third-order valence-electron chi connectivity index (χ3n) is 4.11. The van der Waals surface area contributed by atoms with Crippen LogP contribution in [0.3, 0.4) is 0 Å². The molecule has 2 atom stereocenters. The third kappa shape index (κ3) is 2.22. The van der Waals surface area contributed by atoms with Crippen LogP contribution in [0.5, 0.6) is 0 Å². The van der Waals surface area contributed by atoms with Gasteiger partial charge in [0.15, 0.2) is 0 Å². The standard InChI is InChI=1S/C14H23N3S/c1-14(2,3)15-8-12-16-10-7-9-5-6-11(17(9)4)13(10)18-12/h9,11,15H,5-8H2,1-4H3. The molecule has 3 heterocycles. The number of hydrogen-bond acceptors (Lipinski definition) is 4. The number of likely N-dealkylation sites (N-methyl/N-ethyl adjacent to an activating group) is 1. The largest absolute Gasteiger partial charge is 0.306 e. The summed E-state index contributed by atoms with van der Waals surface area (Å²) < 4.78 is 0. The molecule has 0 spiro atoms. The number of nitrogens with zero attached hydrogens (tertiary/aromatic N) is 2. The summed E-state index contributed by atoms with van der Waals surface area (Å²) in [5.74, 6) is 0. The fourth-order valence-electron chi connectivity index (χ4n) is 3.03. The topological polar surface area (TPSA) is 28.2 Å². The predicted octanol–water partition coefficient (Wildman–Crippen LogP) is 2.72. The molecule has 1 N–H and O–H groups in total. The second-order valence-electron chi connectivity index (χ2n) is 6.64. The van der Waals surface area contributed by atoms with Gasteiger partial charge in [-0.3, -0.25) is 4.90 Å². The van der Waals surface area contributed by atoms with Crippen LogP contribution in [-0.2, 0) is 13.0 Å². The molecule has 4 heteroatoms. The number of nitrogens with one attached hydrogen (secondary N) is 1. The fourth-order valence-corrected chi connectivity index (χ4v) is 4.26. The summed E-state index contributed by atoms with van der Waals surface area (Å²) in [5, 5.41) is 4.80. The monoisotopic (exact) mass is 265 g/mol. The Kier molecular flexibility index (Phi) is 3.00. The molecular formula is C14H23N3S. The first-order valence-electron chi connectivity index (χ1n) is 6.89. The third-order valence-corrected chi connectivity index (χ3v) is 5.31. The van der Waals surface area contributed by atoms with Crippen molar-refractivity contribution in [2.75, 3.05) is 7.05 Å². The van der Waals surface area contributed by atoms with Crippen molar-refractivity contribution in [3.8, 4) is 0 Å². The van der Waals surface area contributed by atoms with Gasteiger partial charge in [-0.2, -0.15) is 0 Å². The molecule has 1 fully saturated rings. The summed E-state index contributed by atoms with van der Waals surface area (Å²) in [4.78, 5) is 8.95. The quantitative estimate of drug-likeness (QED) is 0.891. The minimum Gasteiger partial charge on any atom is -0.306 e. The first kappa shape index (κ1) is 12.6. The molecule has 1 aromatic rings. The number of fused-ring (bicyclic) bond motifs is 4. The van der Waals surface area contributed by atoms with Crippen molar-refractivity contribution in [2.24, 2.45) is 0 Å². The van der Waals surface area contributed by atoms with E-state index >= 15 is 0 Å². The van der Waals surface area contributed by atoms with Crippen molar-refractivity contribution in [1.29, 1.82) is 0 Å². The van der Waals surface area contributed by atoms with E-state index in [-0.39, 0.29) is 5.54 Å². The lowest BCUT2D eigenvalue weighted by atomic mass is 10.1. The van der Waals surface area contributed by atoms with Crippen LogP contribution in [-0.4, -0.2) is 28.5 Å². The molecule has 0 aliphatic carbocycles. The molecule has 2 bridgehead atoms. The first-order valence-corrected chi connectivity index (χ1v) is 7.71. The number of rotatable bonds is 2. The molecule has 2 aliphatic heterocycles. The average Bonchev–Trinajstić information content (AvgIpc) is 2.77. The fraction of sp³-hybridized carbons (Fsp3) is 0.786. The minimum atomic E-state index is 0.169. The summed E-state index contributed by atoms with van der Waals surface area (Å²) in [6, 6.07) is 1.40. The Morgan fingerprint density at radius 1 is 1.39 bits per heavy atom. The maximum absolute atomic E-state index is 4.86. The summed E-state index contributed by atoms with van der Waals surface area (Å²) in [6.45, 7) is 7.52. The second kappa shape index (κ2) is 4.29. The Morgan fingerprint density at radius 3 is 2.89 bits per heavy atom. The average molecular weight is 265 g/mol. The van der Waals surface area contributed by atoms with Crippen LogP contribution in [0.1, 0.15) is 55.2 Å². The molecule has 1 aromatic heterocycles. The van der Waals surface area contributed by atoms with E-state index in [4.69, 9.17) is 4.98 Å². The van der Waals surface area contributed by atoms with Crippen molar-refractivity contribution in [3.05, 3.63) is 15.6 Å². The van der Waals surface area contributed by atoms with Crippen molar-refractivity contribution >= 4 is 11.3 Å². The molecule has 18 heavy (non-hydrogen) atoms. The highest BCUT2D eigenvalue weighted by Crippen LogP contribution is 2.44. The Morgan fingerprint density at radius 2 is 2.17 bits per heavy atom. The van der Waals surface area contributed by atoms with Crippen LogP contribution in [0.2, 0.25) is 0 Å². The molecular weight excluding hydrogens is 242 g/mol. The summed E-state index contributed by atoms with van der Waals surface area (Å²) in [7, 11) is 2.28. The van der Waals surface area contributed by atoms with Gasteiger partial charge in [-0.1, -0.05) is 0 Å². The molecule has 0 saturated carbocycles. The molecule has 2 aliphatic rings. The zero-order chi connectivity index (χ0) is 12.9. The molecule has 0 radical (unpaired) electrons. The van der Waals surface area contributed by atoms with Gasteiger partial charge >= 0.3 is 0 Å². The Balaban J connectivity index is 1.78. The highest BCUT2D eigenvalue weighted by molar-refractivity contribution is 7.11. The summed E-state index contributed by atoms with van der Waals surface area (Å²) >= 11 is 1.92. The minimum absolute atomic E-state index is 0.169. The van der Waals surface area contributed by atoms with Gasteiger partial charge in [0.25, 0.3) is 0 Å². The maximum atomic E-state index is 4.86. The van der Waals surface area contributed by atoms with Gasteiger partial charge in [-0.05, 0) is 40.7 Å². The van der Waals surface area contributed by atoms with Crippen LogP contribution in [0.4, 0.5) is 0 Å². The number of hydrogen-bond donors (Lipinski definition) is 1. The van der Waals surface area contributed by atoms with E-state index in [1.54, 1.807) is 0 Å². The van der Waals surface area contributed by atoms with E-state index in [2.05, 4.69) is 38.0 Å². The van der Waals surface area contributed by atoms with E-state index in [0.717, 1.165) is 19.0 Å². The van der Waals surface area contributed by atoms with E-state index in [0.29, 0.717) is 6.04 Å². The lowest BCUT2D eigenvalue weighted by Gasteiger charge is -2.29. The van der Waals surface area contributed by atoms with Crippen molar-refractivity contribution in [3.63, 3.8) is 0 Å². The van der Waals surface area contributed by atoms with Gasteiger partial charge in [0.05, 0.1) is 5.69 Å². The Bertz CT molecular complexity index is 446. The van der Waals surface area contributed by atoms with Gasteiger partial charge in [-0.15, -0.1) is 11.3 Å².